The number of likely N-dealkylation sites (tertiary alicyclic amines) is 1. The first kappa shape index (κ1) is 61.9. The van der Waals surface area contributed by atoms with Crippen molar-refractivity contribution in [2.75, 3.05) is 32.5 Å². The van der Waals surface area contributed by atoms with Crippen molar-refractivity contribution in [2.24, 2.45) is 33.7 Å². The van der Waals surface area contributed by atoms with E-state index in [1.165, 1.54) is 22.8 Å². The second kappa shape index (κ2) is 30.2. The van der Waals surface area contributed by atoms with Gasteiger partial charge < -0.3 is 75.5 Å². The van der Waals surface area contributed by atoms with Crippen molar-refractivity contribution in [2.45, 2.75) is 125 Å². The predicted octanol–water partition coefficient (Wildman–Crippen LogP) is -3.26. The monoisotopic (exact) mass is 1110 g/mol. The van der Waals surface area contributed by atoms with Gasteiger partial charge in [0.25, 0.3) is 0 Å². The van der Waals surface area contributed by atoms with Crippen LogP contribution in [0.4, 0.5) is 0 Å². The summed E-state index contributed by atoms with van der Waals surface area (Å²) in [6, 6.07) is 5.47. The molecular weight excluding hydrogens is 1040 g/mol. The van der Waals surface area contributed by atoms with Crippen molar-refractivity contribution in [3.63, 3.8) is 0 Å². The Hall–Kier alpha value is -7.62. The van der Waals surface area contributed by atoms with Gasteiger partial charge in [-0.2, -0.15) is 0 Å². The minimum atomic E-state index is -1.78. The summed E-state index contributed by atoms with van der Waals surface area (Å²) >= 11 is 0. The second-order valence-corrected chi connectivity index (χ2v) is 22.0. The van der Waals surface area contributed by atoms with Gasteiger partial charge in [-0.3, -0.25) is 57.7 Å². The molecule has 0 spiro atoms. The van der Waals surface area contributed by atoms with E-state index in [0.29, 0.717) is 23.3 Å². The Kier molecular flexibility index (Phi) is 24.3. The zero-order valence-electron chi connectivity index (χ0n) is 43.1. The van der Waals surface area contributed by atoms with Crippen LogP contribution in [0.15, 0.2) is 59.6 Å². The van der Waals surface area contributed by atoms with Crippen LogP contribution in [0.1, 0.15) is 76.3 Å². The first-order valence-corrected chi connectivity index (χ1v) is 27.0. The molecule has 2 aromatic carbocycles. The van der Waals surface area contributed by atoms with Crippen LogP contribution < -0.4 is 70.6 Å². The third-order valence-electron chi connectivity index (χ3n) is 12.1. The van der Waals surface area contributed by atoms with Crippen molar-refractivity contribution in [1.29, 1.82) is 0 Å². The molecule has 7 atom stereocenters. The lowest BCUT2D eigenvalue weighted by Gasteiger charge is -2.31. The van der Waals surface area contributed by atoms with Crippen LogP contribution >= 0.6 is 21.6 Å². The SMILES string of the molecule is COc1ccc(C[C@@H]2NC(=O)CC(C)(C)SSC[C@@H](C(=O)N3CCC[C@H]3C(=O)N[C@H](CCCN=C(N)N)C(=O)NCC(N)=O)NC(=O)[C@H](CC(N)=O)NC(=O)[C@H](CCC(N)=O)NC(=O)[C@H](Cc3ccccc3)NC2=O)cc1. The number of hydrogen-bond donors (Lipinski definition) is 12. The number of carbonyl (C=O) groups excluding carboxylic acids is 11. The number of amides is 11. The Morgan fingerprint density at radius 3 is 1.97 bits per heavy atom. The molecule has 0 saturated carbocycles. The van der Waals surface area contributed by atoms with Gasteiger partial charge in [0.15, 0.2) is 5.96 Å². The highest BCUT2D eigenvalue weighted by atomic mass is 33.1. The van der Waals surface area contributed by atoms with E-state index < -0.39 is 138 Å². The van der Waals surface area contributed by atoms with Gasteiger partial charge in [0.2, 0.25) is 65.0 Å². The van der Waals surface area contributed by atoms with Gasteiger partial charge >= 0.3 is 0 Å². The lowest BCUT2D eigenvalue weighted by molar-refractivity contribution is -0.142. The third-order valence-corrected chi connectivity index (χ3v) is 15.4. The normalized spacial score (nSPS) is 22.0. The molecule has 2 aliphatic rings. The first-order valence-electron chi connectivity index (χ1n) is 24.7. The van der Waals surface area contributed by atoms with Crippen LogP contribution in [0.5, 0.6) is 5.75 Å². The quantitative estimate of drug-likeness (QED) is 0.0268. The average Bonchev–Trinajstić information content (AvgIpc) is 3.87. The number of carbonyl (C=O) groups is 11. The summed E-state index contributed by atoms with van der Waals surface area (Å²) in [5, 5.41) is 18.2. The number of hydrogen-bond acceptors (Lipinski definition) is 15. The maximum absolute atomic E-state index is 14.7. The molecular formula is C49H70N14O12S2. The number of primary amides is 3. The van der Waals surface area contributed by atoms with E-state index in [9.17, 15) is 52.7 Å². The number of rotatable bonds is 20. The largest absolute Gasteiger partial charge is 0.497 e. The number of nitrogens with one attached hydrogen (secondary N) is 7. The third kappa shape index (κ3) is 21.1. The highest BCUT2D eigenvalue weighted by molar-refractivity contribution is 8.77. The van der Waals surface area contributed by atoms with Crippen LogP contribution in [0.2, 0.25) is 0 Å². The van der Waals surface area contributed by atoms with Gasteiger partial charge in [-0.25, -0.2) is 0 Å². The summed E-state index contributed by atoms with van der Waals surface area (Å²) in [6.07, 6.45) is -1.30. The molecule has 17 N–H and O–H groups in total. The Labute approximate surface area is 453 Å². The number of nitrogens with two attached hydrogens (primary N) is 5. The highest BCUT2D eigenvalue weighted by Crippen LogP contribution is 2.39. The molecule has 4 rings (SSSR count). The van der Waals surface area contributed by atoms with Gasteiger partial charge in [0, 0.05) is 49.3 Å². The molecule has 2 aromatic rings. The second-order valence-electron chi connectivity index (χ2n) is 19.0. The Morgan fingerprint density at radius 1 is 0.766 bits per heavy atom. The molecule has 77 heavy (non-hydrogen) atoms. The Balaban J connectivity index is 1.74. The molecule has 0 radical (unpaired) electrons. The van der Waals surface area contributed by atoms with E-state index in [-0.39, 0.29) is 63.3 Å². The number of benzene rings is 2. The Bertz CT molecular complexity index is 2480. The van der Waals surface area contributed by atoms with E-state index in [2.05, 4.69) is 42.2 Å². The molecule has 2 heterocycles. The van der Waals surface area contributed by atoms with Crippen LogP contribution in [-0.4, -0.2) is 155 Å². The molecule has 28 heteroatoms. The summed E-state index contributed by atoms with van der Waals surface area (Å²) < 4.78 is 4.37. The van der Waals surface area contributed by atoms with Crippen molar-refractivity contribution in [3.05, 3.63) is 65.7 Å². The molecule has 26 nitrogen and oxygen atoms in total. The number of ether oxygens (including phenoxy) is 1. The maximum Gasteiger partial charge on any atom is 0.246 e. The van der Waals surface area contributed by atoms with Gasteiger partial charge in [-0.1, -0.05) is 64.1 Å². The van der Waals surface area contributed by atoms with E-state index in [1.54, 1.807) is 68.4 Å². The molecule has 2 fully saturated rings. The summed E-state index contributed by atoms with van der Waals surface area (Å²) in [5.41, 5.74) is 28.4. The number of methoxy groups -OCH3 is 1. The van der Waals surface area contributed by atoms with Gasteiger partial charge in [0.05, 0.1) is 20.1 Å². The van der Waals surface area contributed by atoms with Crippen LogP contribution in [0, 0.1) is 0 Å². The van der Waals surface area contributed by atoms with Crippen LogP contribution in [-0.2, 0) is 65.6 Å². The highest BCUT2D eigenvalue weighted by Gasteiger charge is 2.41. The topological polar surface area (TPSA) is 427 Å². The van der Waals surface area contributed by atoms with Crippen LogP contribution in [0.25, 0.3) is 0 Å². The summed E-state index contributed by atoms with van der Waals surface area (Å²) in [5.74, 6) is -9.21. The van der Waals surface area contributed by atoms with E-state index >= 15 is 0 Å². The standard InChI is InChI=1S/C49H70N14O12S2/c1-49(2)24-40(67)57-32(22-28-13-15-29(75-3)16-14-28)43(70)60-33(21-27-9-5-4-6-10-27)44(71)58-31(17-18-37(50)64)42(69)61-34(23-38(51)65)45(72)62-35(26-76-77-49)47(74)63-20-8-12-36(63)46(73)59-30(11-7-19-55-48(53)54)41(68)56-25-39(52)66/h4-6,9-10,13-16,30-36H,7-8,11-12,17-26H2,1-3H3,(H2,50,64)(H2,51,65)(H2,52,66)(H,56,68)(H,57,67)(H,58,71)(H,59,73)(H,60,70)(H,61,69)(H,62,72)(H4,53,54,55)/t30-,31+,32+,33+,34+,35+,36+/m1/s1. The van der Waals surface area contributed by atoms with Gasteiger partial charge in [-0.05, 0) is 69.2 Å². The van der Waals surface area contributed by atoms with E-state index in [4.69, 9.17) is 33.4 Å². The van der Waals surface area contributed by atoms with Gasteiger partial charge in [0.1, 0.15) is 48.0 Å². The molecule has 2 aliphatic heterocycles. The lowest BCUT2D eigenvalue weighted by Crippen LogP contribution is -2.61. The number of nitrogens with zero attached hydrogens (tertiary/aromatic N) is 2. The van der Waals surface area contributed by atoms with Crippen molar-refractivity contribution >= 4 is 92.5 Å². The minimum Gasteiger partial charge on any atom is -0.497 e. The lowest BCUT2D eigenvalue weighted by atomic mass is 10.0. The summed E-state index contributed by atoms with van der Waals surface area (Å²) in [6.45, 7) is 3.08. The van der Waals surface area contributed by atoms with Crippen molar-refractivity contribution in [3.8, 4) is 5.75 Å². The molecule has 11 amide bonds. The summed E-state index contributed by atoms with van der Waals surface area (Å²) in [7, 11) is 3.74. The van der Waals surface area contributed by atoms with Crippen LogP contribution in [0.3, 0.4) is 0 Å². The van der Waals surface area contributed by atoms with Crippen molar-refractivity contribution in [1.82, 2.24) is 42.1 Å². The maximum atomic E-state index is 14.7. The minimum absolute atomic E-state index is 0.0129. The smallest absolute Gasteiger partial charge is 0.246 e. The average molecular weight is 1110 g/mol. The predicted molar refractivity (Wildman–Crippen MR) is 286 cm³/mol. The van der Waals surface area contributed by atoms with Crippen molar-refractivity contribution < 1.29 is 57.5 Å². The number of aliphatic imine (C=N–C) groups is 1. The van der Waals surface area contributed by atoms with Gasteiger partial charge in [-0.15, -0.1) is 0 Å². The molecule has 0 aromatic heterocycles. The molecule has 0 aliphatic carbocycles. The zero-order chi connectivity index (χ0) is 56.8. The Morgan fingerprint density at radius 2 is 1.36 bits per heavy atom. The fraction of sp³-hybridized carbons (Fsp3) is 0.510. The number of guanidine groups is 1. The molecule has 0 unspecified atom stereocenters. The fourth-order valence-corrected chi connectivity index (χ4v) is 10.9. The van der Waals surface area contributed by atoms with E-state index in [1.807, 2.05) is 0 Å². The first-order chi connectivity index (χ1) is 36.4. The molecule has 420 valence electrons. The zero-order valence-corrected chi connectivity index (χ0v) is 44.8. The summed E-state index contributed by atoms with van der Waals surface area (Å²) in [4.78, 5) is 155. The molecule has 0 bridgehead atoms. The fourth-order valence-electron chi connectivity index (χ4n) is 8.26. The van der Waals surface area contributed by atoms with E-state index in [0.717, 1.165) is 10.8 Å². The molecule has 2 saturated heterocycles.